The number of aromatic nitrogens is 2. The molecule has 1 amide bonds. The highest BCUT2D eigenvalue weighted by Gasteiger charge is 2.29. The van der Waals surface area contributed by atoms with Crippen LogP contribution in [0.3, 0.4) is 0 Å². The standard InChI is InChI=1S/C13H16N4O2/c1-13(2,9-3-5-10(14)6-4-9)12(18)15-7-11-16-8-19-17-11/h3-6,8H,7,14H2,1-2H3,(H,15,18). The quantitative estimate of drug-likeness (QED) is 0.807. The SMILES string of the molecule is CC(C)(C(=O)NCc1ncon1)c1ccc(N)cc1. The van der Waals surface area contributed by atoms with Gasteiger partial charge in [0, 0.05) is 5.69 Å². The van der Waals surface area contributed by atoms with Gasteiger partial charge in [-0.15, -0.1) is 0 Å². The molecule has 0 saturated carbocycles. The van der Waals surface area contributed by atoms with Crippen molar-refractivity contribution in [3.05, 3.63) is 42.0 Å². The van der Waals surface area contributed by atoms with E-state index in [0.29, 0.717) is 11.5 Å². The molecule has 0 radical (unpaired) electrons. The molecule has 0 aliphatic rings. The van der Waals surface area contributed by atoms with Crippen LogP contribution in [0.15, 0.2) is 35.2 Å². The summed E-state index contributed by atoms with van der Waals surface area (Å²) in [7, 11) is 0. The van der Waals surface area contributed by atoms with Gasteiger partial charge in [0.25, 0.3) is 0 Å². The Morgan fingerprint density at radius 3 is 2.63 bits per heavy atom. The first-order valence-corrected chi connectivity index (χ1v) is 5.89. The summed E-state index contributed by atoms with van der Waals surface area (Å²) in [5.41, 5.74) is 6.55. The van der Waals surface area contributed by atoms with E-state index in [2.05, 4.69) is 20.0 Å². The van der Waals surface area contributed by atoms with Crippen molar-refractivity contribution < 1.29 is 9.32 Å². The number of anilines is 1. The van der Waals surface area contributed by atoms with Gasteiger partial charge >= 0.3 is 0 Å². The molecule has 0 saturated heterocycles. The second kappa shape index (κ2) is 5.09. The third-order valence-electron chi connectivity index (χ3n) is 3.01. The second-order valence-electron chi connectivity index (χ2n) is 4.78. The van der Waals surface area contributed by atoms with Crippen LogP contribution >= 0.6 is 0 Å². The maximum absolute atomic E-state index is 12.2. The summed E-state index contributed by atoms with van der Waals surface area (Å²) in [6.07, 6.45) is 1.23. The van der Waals surface area contributed by atoms with E-state index in [-0.39, 0.29) is 12.5 Å². The van der Waals surface area contributed by atoms with E-state index < -0.39 is 5.41 Å². The molecule has 0 fully saturated rings. The van der Waals surface area contributed by atoms with Crippen LogP contribution in [0.25, 0.3) is 0 Å². The Kier molecular flexibility index (Phi) is 3.50. The van der Waals surface area contributed by atoms with Crippen LogP contribution in [0.4, 0.5) is 5.69 Å². The number of nitrogens with two attached hydrogens (primary N) is 1. The Labute approximate surface area is 111 Å². The number of nitrogens with zero attached hydrogens (tertiary/aromatic N) is 2. The molecule has 0 aliphatic carbocycles. The fourth-order valence-corrected chi connectivity index (χ4v) is 1.68. The average Bonchev–Trinajstić information content (AvgIpc) is 2.89. The van der Waals surface area contributed by atoms with E-state index in [1.165, 1.54) is 6.39 Å². The Hall–Kier alpha value is -2.37. The van der Waals surface area contributed by atoms with Crippen LogP contribution < -0.4 is 11.1 Å². The van der Waals surface area contributed by atoms with Gasteiger partial charge < -0.3 is 15.6 Å². The molecular weight excluding hydrogens is 244 g/mol. The van der Waals surface area contributed by atoms with Gasteiger partial charge in [0.05, 0.1) is 12.0 Å². The summed E-state index contributed by atoms with van der Waals surface area (Å²) in [5, 5.41) is 6.42. The van der Waals surface area contributed by atoms with Gasteiger partial charge in [-0.25, -0.2) is 0 Å². The molecule has 0 unspecified atom stereocenters. The Bertz CT molecular complexity index is 547. The summed E-state index contributed by atoms with van der Waals surface area (Å²) in [6, 6.07) is 7.26. The predicted octanol–water partition coefficient (Wildman–Crippen LogP) is 1.25. The first-order chi connectivity index (χ1) is 9.00. The zero-order valence-electron chi connectivity index (χ0n) is 10.9. The van der Waals surface area contributed by atoms with Crippen LogP contribution in [0, 0.1) is 0 Å². The van der Waals surface area contributed by atoms with Crippen molar-refractivity contribution in [2.75, 3.05) is 5.73 Å². The van der Waals surface area contributed by atoms with Crippen molar-refractivity contribution >= 4 is 11.6 Å². The van der Waals surface area contributed by atoms with Crippen molar-refractivity contribution in [1.29, 1.82) is 0 Å². The summed E-state index contributed by atoms with van der Waals surface area (Å²) >= 11 is 0. The molecule has 1 heterocycles. The molecule has 0 aliphatic heterocycles. The fourth-order valence-electron chi connectivity index (χ4n) is 1.68. The highest BCUT2D eigenvalue weighted by atomic mass is 16.5. The van der Waals surface area contributed by atoms with Gasteiger partial charge in [-0.1, -0.05) is 17.3 Å². The van der Waals surface area contributed by atoms with E-state index >= 15 is 0 Å². The lowest BCUT2D eigenvalue weighted by Gasteiger charge is -2.24. The zero-order valence-corrected chi connectivity index (χ0v) is 10.9. The minimum absolute atomic E-state index is 0.109. The molecule has 0 spiro atoms. The summed E-state index contributed by atoms with van der Waals surface area (Å²) in [5.74, 6) is 0.337. The third kappa shape index (κ3) is 2.90. The van der Waals surface area contributed by atoms with Gasteiger partial charge in [0.2, 0.25) is 12.3 Å². The topological polar surface area (TPSA) is 94.0 Å². The minimum Gasteiger partial charge on any atom is -0.399 e. The van der Waals surface area contributed by atoms with Crippen molar-refractivity contribution in [2.45, 2.75) is 25.8 Å². The fraction of sp³-hybridized carbons (Fsp3) is 0.308. The van der Waals surface area contributed by atoms with Gasteiger partial charge in [0.1, 0.15) is 0 Å². The molecule has 1 aromatic heterocycles. The van der Waals surface area contributed by atoms with E-state index in [4.69, 9.17) is 5.73 Å². The number of carbonyl (C=O) groups is 1. The van der Waals surface area contributed by atoms with Crippen molar-refractivity contribution in [2.24, 2.45) is 0 Å². The number of benzene rings is 1. The van der Waals surface area contributed by atoms with Crippen LogP contribution in [-0.2, 0) is 16.8 Å². The molecule has 1 aromatic carbocycles. The number of amides is 1. The van der Waals surface area contributed by atoms with Crippen LogP contribution in [0.5, 0.6) is 0 Å². The lowest BCUT2D eigenvalue weighted by molar-refractivity contribution is -0.125. The van der Waals surface area contributed by atoms with Gasteiger partial charge in [-0.3, -0.25) is 4.79 Å². The van der Waals surface area contributed by atoms with Crippen molar-refractivity contribution in [3.63, 3.8) is 0 Å². The van der Waals surface area contributed by atoms with E-state index in [9.17, 15) is 4.79 Å². The monoisotopic (exact) mass is 260 g/mol. The molecule has 6 heteroatoms. The maximum atomic E-state index is 12.2. The van der Waals surface area contributed by atoms with Crippen molar-refractivity contribution in [3.8, 4) is 0 Å². The van der Waals surface area contributed by atoms with Crippen LogP contribution in [-0.4, -0.2) is 16.0 Å². The smallest absolute Gasteiger partial charge is 0.230 e. The van der Waals surface area contributed by atoms with E-state index in [0.717, 1.165) is 5.56 Å². The molecule has 19 heavy (non-hydrogen) atoms. The largest absolute Gasteiger partial charge is 0.399 e. The Morgan fingerprint density at radius 1 is 1.37 bits per heavy atom. The predicted molar refractivity (Wildman–Crippen MR) is 70.0 cm³/mol. The highest BCUT2D eigenvalue weighted by Crippen LogP contribution is 2.24. The Balaban J connectivity index is 2.06. The summed E-state index contributed by atoms with van der Waals surface area (Å²) in [4.78, 5) is 16.1. The van der Waals surface area contributed by atoms with E-state index in [1.54, 1.807) is 12.1 Å². The Morgan fingerprint density at radius 2 is 2.05 bits per heavy atom. The maximum Gasteiger partial charge on any atom is 0.230 e. The number of rotatable bonds is 4. The van der Waals surface area contributed by atoms with Crippen LogP contribution in [0.2, 0.25) is 0 Å². The first-order valence-electron chi connectivity index (χ1n) is 5.89. The van der Waals surface area contributed by atoms with Crippen molar-refractivity contribution in [1.82, 2.24) is 15.5 Å². The average molecular weight is 260 g/mol. The van der Waals surface area contributed by atoms with Gasteiger partial charge in [0.15, 0.2) is 5.82 Å². The highest BCUT2D eigenvalue weighted by molar-refractivity contribution is 5.87. The molecule has 3 N–H and O–H groups in total. The van der Waals surface area contributed by atoms with Crippen LogP contribution in [0.1, 0.15) is 25.2 Å². The zero-order chi connectivity index (χ0) is 13.9. The van der Waals surface area contributed by atoms with E-state index in [1.807, 2.05) is 26.0 Å². The molecule has 0 atom stereocenters. The summed E-state index contributed by atoms with van der Waals surface area (Å²) < 4.78 is 4.60. The number of nitrogens with one attached hydrogen (secondary N) is 1. The minimum atomic E-state index is -0.655. The molecule has 2 rings (SSSR count). The van der Waals surface area contributed by atoms with Gasteiger partial charge in [-0.2, -0.15) is 4.98 Å². The summed E-state index contributed by atoms with van der Waals surface area (Å²) in [6.45, 7) is 3.95. The lowest BCUT2D eigenvalue weighted by atomic mass is 9.83. The molecule has 100 valence electrons. The van der Waals surface area contributed by atoms with Gasteiger partial charge in [-0.05, 0) is 31.5 Å². The molecule has 0 bridgehead atoms. The first kappa shape index (κ1) is 13.1. The number of hydrogen-bond acceptors (Lipinski definition) is 5. The number of hydrogen-bond donors (Lipinski definition) is 2. The third-order valence-corrected chi connectivity index (χ3v) is 3.01. The molecule has 6 nitrogen and oxygen atoms in total. The normalized spacial score (nSPS) is 11.3. The number of nitrogen functional groups attached to an aromatic ring is 1. The number of carbonyl (C=O) groups excluding carboxylic acids is 1. The molecular formula is C13H16N4O2. The lowest BCUT2D eigenvalue weighted by Crippen LogP contribution is -2.39. The molecule has 2 aromatic rings. The second-order valence-corrected chi connectivity index (χ2v) is 4.78.